The third-order valence-electron chi connectivity index (χ3n) is 7.05. The van der Waals surface area contributed by atoms with E-state index in [-0.39, 0.29) is 35.8 Å². The molecule has 1 aliphatic heterocycles. The van der Waals surface area contributed by atoms with Crippen LogP contribution in [0.3, 0.4) is 0 Å². The van der Waals surface area contributed by atoms with Gasteiger partial charge in [0, 0.05) is 18.3 Å². The molecule has 2 N–H and O–H groups in total. The fraction of sp³-hybridized carbons (Fsp3) is 0.520. The highest BCUT2D eigenvalue weighted by Gasteiger charge is 2.48. The highest BCUT2D eigenvalue weighted by Crippen LogP contribution is 2.30. The number of nitrogens with one attached hydrogen (secondary N) is 2. The minimum Gasteiger partial charge on any atom is -0.351 e. The van der Waals surface area contributed by atoms with E-state index < -0.39 is 11.4 Å². The molecular weight excluding hydrogens is 418 g/mol. The highest BCUT2D eigenvalue weighted by atomic mass is 16.2. The molecule has 1 aromatic heterocycles. The van der Waals surface area contributed by atoms with Crippen LogP contribution in [0.25, 0.3) is 0 Å². The lowest BCUT2D eigenvalue weighted by Gasteiger charge is -2.44. The molecule has 8 nitrogen and oxygen atoms in total. The zero-order valence-electron chi connectivity index (χ0n) is 19.9. The van der Waals surface area contributed by atoms with E-state index in [9.17, 15) is 14.4 Å². The average molecular weight is 452 g/mol. The van der Waals surface area contributed by atoms with Gasteiger partial charge in [-0.25, -0.2) is 4.98 Å². The van der Waals surface area contributed by atoms with Crippen molar-refractivity contribution in [3.8, 4) is 0 Å². The number of benzene rings is 1. The van der Waals surface area contributed by atoms with E-state index >= 15 is 0 Å². The Morgan fingerprint density at radius 1 is 1.21 bits per heavy atom. The van der Waals surface area contributed by atoms with Crippen molar-refractivity contribution in [2.75, 3.05) is 11.9 Å². The van der Waals surface area contributed by atoms with Crippen LogP contribution < -0.4 is 10.6 Å². The summed E-state index contributed by atoms with van der Waals surface area (Å²) in [7, 11) is 0. The Hall–Kier alpha value is -3.16. The second-order valence-electron chi connectivity index (χ2n) is 9.46. The summed E-state index contributed by atoms with van der Waals surface area (Å²) in [6.45, 7) is 8.39. The summed E-state index contributed by atoms with van der Waals surface area (Å²) in [4.78, 5) is 46.0. The van der Waals surface area contributed by atoms with Crippen LogP contribution in [-0.2, 0) is 11.3 Å². The van der Waals surface area contributed by atoms with Gasteiger partial charge in [0.05, 0.1) is 12.9 Å². The van der Waals surface area contributed by atoms with Crippen LogP contribution in [0.2, 0.25) is 0 Å². The van der Waals surface area contributed by atoms with Gasteiger partial charge in [-0.2, -0.15) is 0 Å². The summed E-state index contributed by atoms with van der Waals surface area (Å²) in [5.74, 6) is -0.908. The van der Waals surface area contributed by atoms with Crippen LogP contribution in [0.4, 0.5) is 5.69 Å². The van der Waals surface area contributed by atoms with Gasteiger partial charge in [-0.1, -0.05) is 31.9 Å². The van der Waals surface area contributed by atoms with E-state index in [0.29, 0.717) is 18.7 Å². The fourth-order valence-electron chi connectivity index (χ4n) is 4.91. The maximum atomic E-state index is 13.6. The fourth-order valence-corrected chi connectivity index (χ4v) is 4.91. The van der Waals surface area contributed by atoms with E-state index in [1.165, 1.54) is 6.33 Å². The topological polar surface area (TPSA) is 96.3 Å². The minimum absolute atomic E-state index is 0.0836. The minimum atomic E-state index is -1.04. The number of amides is 3. The Balaban J connectivity index is 1.63. The van der Waals surface area contributed by atoms with Crippen molar-refractivity contribution in [2.45, 2.75) is 77.9 Å². The van der Waals surface area contributed by atoms with Gasteiger partial charge in [0.1, 0.15) is 11.2 Å². The quantitative estimate of drug-likeness (QED) is 0.703. The molecule has 0 bridgehead atoms. The molecule has 2 aromatic rings. The van der Waals surface area contributed by atoms with Gasteiger partial charge in [0.25, 0.3) is 11.8 Å². The molecule has 4 rings (SSSR count). The van der Waals surface area contributed by atoms with Crippen LogP contribution in [0.15, 0.2) is 24.5 Å². The second-order valence-corrected chi connectivity index (χ2v) is 9.46. The van der Waals surface area contributed by atoms with E-state index in [1.54, 1.807) is 9.47 Å². The zero-order chi connectivity index (χ0) is 23.8. The van der Waals surface area contributed by atoms with Gasteiger partial charge in [-0.3, -0.25) is 14.4 Å². The van der Waals surface area contributed by atoms with Gasteiger partial charge >= 0.3 is 0 Å². The molecule has 0 radical (unpaired) electrons. The first-order valence-electron chi connectivity index (χ1n) is 11.8. The summed E-state index contributed by atoms with van der Waals surface area (Å²) in [6, 6.07) is 5.85. The summed E-state index contributed by atoms with van der Waals surface area (Å²) >= 11 is 0. The molecular formula is C25H33N5O3. The molecule has 0 spiro atoms. The first-order chi connectivity index (χ1) is 15.8. The standard InChI is InChI=1S/C25H33N5O3/c1-5-13-30-23(32)21-20(22(31)28-19-12-8-9-16(2)17(19)3)26-15-29(21)14-25(30,4)24(33)27-18-10-6-7-11-18/h8-9,12,15,18H,5-7,10-11,13-14H2,1-4H3,(H,27,33)(H,28,31)/t25-/m1/s1. The maximum absolute atomic E-state index is 13.6. The number of hydrogen-bond acceptors (Lipinski definition) is 4. The molecule has 1 atom stereocenters. The SMILES string of the molecule is CCCN1C(=O)c2c(C(=O)Nc3cccc(C)c3C)ncn2C[C@]1(C)C(=O)NC1CCCC1. The number of carbonyl (C=O) groups is 3. The van der Waals surface area contributed by atoms with Crippen LogP contribution in [-0.4, -0.2) is 50.3 Å². The number of carbonyl (C=O) groups excluding carboxylic acids is 3. The molecule has 1 aromatic carbocycles. The van der Waals surface area contributed by atoms with Crippen LogP contribution in [0, 0.1) is 13.8 Å². The van der Waals surface area contributed by atoms with Gasteiger partial charge < -0.3 is 20.1 Å². The number of anilines is 1. The highest BCUT2D eigenvalue weighted by molar-refractivity contribution is 6.11. The van der Waals surface area contributed by atoms with Crippen molar-refractivity contribution >= 4 is 23.4 Å². The lowest BCUT2D eigenvalue weighted by atomic mass is 9.93. The van der Waals surface area contributed by atoms with Crippen LogP contribution in [0.5, 0.6) is 0 Å². The van der Waals surface area contributed by atoms with Gasteiger partial charge in [-0.05, 0) is 57.2 Å². The largest absolute Gasteiger partial charge is 0.351 e. The third kappa shape index (κ3) is 4.14. The number of imidazole rings is 1. The Labute approximate surface area is 194 Å². The smallest absolute Gasteiger partial charge is 0.276 e. The van der Waals surface area contributed by atoms with Gasteiger partial charge in [-0.15, -0.1) is 0 Å². The lowest BCUT2D eigenvalue weighted by molar-refractivity contribution is -0.133. The van der Waals surface area contributed by atoms with Crippen molar-refractivity contribution in [1.29, 1.82) is 0 Å². The maximum Gasteiger partial charge on any atom is 0.276 e. The number of rotatable bonds is 6. The Bertz CT molecular complexity index is 1090. The molecule has 1 saturated carbocycles. The normalized spacial score (nSPS) is 20.6. The summed E-state index contributed by atoms with van der Waals surface area (Å²) in [6.07, 6.45) is 6.38. The molecule has 33 heavy (non-hydrogen) atoms. The second kappa shape index (κ2) is 9.00. The van der Waals surface area contributed by atoms with E-state index in [4.69, 9.17) is 0 Å². The molecule has 8 heteroatoms. The number of fused-ring (bicyclic) bond motifs is 1. The molecule has 0 saturated heterocycles. The van der Waals surface area contributed by atoms with E-state index in [2.05, 4.69) is 15.6 Å². The first kappa shape index (κ1) is 23.0. The average Bonchev–Trinajstić information content (AvgIpc) is 3.44. The summed E-state index contributed by atoms with van der Waals surface area (Å²) in [5, 5.41) is 6.05. The molecule has 176 valence electrons. The number of aromatic nitrogens is 2. The number of hydrogen-bond donors (Lipinski definition) is 2. The molecule has 2 heterocycles. The van der Waals surface area contributed by atoms with E-state index in [1.807, 2.05) is 45.9 Å². The molecule has 1 fully saturated rings. The predicted octanol–water partition coefficient (Wildman–Crippen LogP) is 3.44. The van der Waals surface area contributed by atoms with E-state index in [0.717, 1.165) is 36.8 Å². The van der Waals surface area contributed by atoms with Gasteiger partial charge in [0.15, 0.2) is 5.69 Å². The van der Waals surface area contributed by atoms with Crippen LogP contribution >= 0.6 is 0 Å². The molecule has 1 aliphatic carbocycles. The summed E-state index contributed by atoms with van der Waals surface area (Å²) < 4.78 is 1.65. The van der Waals surface area contributed by atoms with Crippen molar-refractivity contribution < 1.29 is 14.4 Å². The Kier molecular flexibility index (Phi) is 6.28. The molecule has 0 unspecified atom stereocenters. The van der Waals surface area contributed by atoms with Gasteiger partial charge in [0.2, 0.25) is 5.91 Å². The van der Waals surface area contributed by atoms with Crippen molar-refractivity contribution in [2.24, 2.45) is 0 Å². The van der Waals surface area contributed by atoms with Crippen molar-refractivity contribution in [3.63, 3.8) is 0 Å². The lowest BCUT2D eigenvalue weighted by Crippen LogP contribution is -2.65. The van der Waals surface area contributed by atoms with Crippen LogP contribution in [0.1, 0.15) is 78.1 Å². The zero-order valence-corrected chi connectivity index (χ0v) is 19.9. The third-order valence-corrected chi connectivity index (χ3v) is 7.05. The van der Waals surface area contributed by atoms with Crippen molar-refractivity contribution in [1.82, 2.24) is 19.8 Å². The Morgan fingerprint density at radius 2 is 1.94 bits per heavy atom. The first-order valence-corrected chi connectivity index (χ1v) is 11.8. The molecule has 3 amide bonds. The number of nitrogens with zero attached hydrogens (tertiary/aromatic N) is 3. The molecule has 2 aliphatic rings. The Morgan fingerprint density at radius 3 is 2.64 bits per heavy atom. The number of aryl methyl sites for hydroxylation is 1. The summed E-state index contributed by atoms with van der Waals surface area (Å²) in [5.41, 5.74) is 2.00. The van der Waals surface area contributed by atoms with Crippen molar-refractivity contribution in [3.05, 3.63) is 47.0 Å². The monoisotopic (exact) mass is 451 g/mol. The predicted molar refractivity (Wildman–Crippen MR) is 126 cm³/mol.